The smallest absolute Gasteiger partial charge is 0.366 e. The van der Waals surface area contributed by atoms with Crippen LogP contribution in [0.5, 0.6) is 0 Å². The Morgan fingerprint density at radius 3 is 1.91 bits per heavy atom. The van der Waals surface area contributed by atoms with Gasteiger partial charge >= 0.3 is 18.0 Å². The molecule has 1 amide bonds. The molecule has 0 unspecified atom stereocenters. The van der Waals surface area contributed by atoms with Crippen LogP contribution >= 0.6 is 0 Å². The minimum Gasteiger partial charge on any atom is -0.366 e. The van der Waals surface area contributed by atoms with E-state index < -0.39 is 29.5 Å². The van der Waals surface area contributed by atoms with Gasteiger partial charge in [0.25, 0.3) is 0 Å². The number of halogens is 7. The van der Waals surface area contributed by atoms with Crippen molar-refractivity contribution >= 4 is 5.91 Å². The average Bonchev–Trinajstić information content (AvgIpc) is 3.30. The SMILES string of the molecule is CCc1cc(C(F)(C(F)(F)F)C(F)(F)F)cc(CC)c1-c1cc(-n2cncn2)ccc1C(N)=O. The summed E-state index contributed by atoms with van der Waals surface area (Å²) in [5, 5.41) is 3.97. The molecule has 0 aliphatic carbocycles. The molecule has 3 rings (SSSR count). The number of rotatable bonds is 6. The highest BCUT2D eigenvalue weighted by Gasteiger charge is 2.73. The summed E-state index contributed by atoms with van der Waals surface area (Å²) in [7, 11) is 0. The molecular weight excluding hydrogens is 469 g/mol. The monoisotopic (exact) mass is 488 g/mol. The van der Waals surface area contributed by atoms with Gasteiger partial charge in [-0.2, -0.15) is 31.4 Å². The third-order valence-electron chi connectivity index (χ3n) is 5.46. The largest absolute Gasteiger partial charge is 0.435 e. The van der Waals surface area contributed by atoms with E-state index in [1.165, 1.54) is 49.4 Å². The number of carbonyl (C=O) groups excluding carboxylic acids is 1. The molecule has 0 radical (unpaired) electrons. The molecule has 5 nitrogen and oxygen atoms in total. The summed E-state index contributed by atoms with van der Waals surface area (Å²) < 4.78 is 96.5. The maximum Gasteiger partial charge on any atom is 0.435 e. The minimum atomic E-state index is -6.24. The molecular formula is C22H19F7N4O. The summed E-state index contributed by atoms with van der Waals surface area (Å²) >= 11 is 0. The van der Waals surface area contributed by atoms with Gasteiger partial charge in [0, 0.05) is 11.1 Å². The third kappa shape index (κ3) is 4.12. The third-order valence-corrected chi connectivity index (χ3v) is 5.46. The lowest BCUT2D eigenvalue weighted by Gasteiger charge is -2.31. The fourth-order valence-electron chi connectivity index (χ4n) is 3.80. The maximum absolute atomic E-state index is 14.8. The average molecular weight is 488 g/mol. The first-order valence-corrected chi connectivity index (χ1v) is 10.0. The molecule has 1 aromatic heterocycles. The number of amides is 1. The Balaban J connectivity index is 2.37. The highest BCUT2D eigenvalue weighted by Crippen LogP contribution is 2.54. The predicted molar refractivity (Wildman–Crippen MR) is 109 cm³/mol. The molecule has 34 heavy (non-hydrogen) atoms. The van der Waals surface area contributed by atoms with E-state index >= 15 is 0 Å². The molecule has 12 heteroatoms. The van der Waals surface area contributed by atoms with Crippen LogP contribution in [0, 0.1) is 0 Å². The number of nitrogens with zero attached hydrogens (tertiary/aromatic N) is 3. The first-order valence-electron chi connectivity index (χ1n) is 10.0. The summed E-state index contributed by atoms with van der Waals surface area (Å²) in [6.07, 6.45) is -9.97. The molecule has 0 bridgehead atoms. The number of hydrogen-bond acceptors (Lipinski definition) is 3. The van der Waals surface area contributed by atoms with Gasteiger partial charge in [-0.15, -0.1) is 0 Å². The second kappa shape index (κ2) is 8.73. The zero-order valence-corrected chi connectivity index (χ0v) is 17.9. The molecule has 1 heterocycles. The van der Waals surface area contributed by atoms with Crippen LogP contribution in [0.25, 0.3) is 16.8 Å². The van der Waals surface area contributed by atoms with Crippen molar-refractivity contribution in [3.63, 3.8) is 0 Å². The van der Waals surface area contributed by atoms with Gasteiger partial charge < -0.3 is 5.73 Å². The molecule has 182 valence electrons. The zero-order valence-electron chi connectivity index (χ0n) is 17.9. The van der Waals surface area contributed by atoms with E-state index in [9.17, 15) is 35.5 Å². The lowest BCUT2D eigenvalue weighted by atomic mass is 9.83. The number of alkyl halides is 7. The molecule has 0 aliphatic heterocycles. The molecule has 0 aliphatic rings. The highest BCUT2D eigenvalue weighted by molar-refractivity contribution is 6.01. The molecule has 0 saturated carbocycles. The molecule has 0 fully saturated rings. The summed E-state index contributed by atoms with van der Waals surface area (Å²) in [5.41, 5.74) is -0.902. The number of primary amides is 1. The van der Waals surface area contributed by atoms with Gasteiger partial charge in [0.05, 0.1) is 5.69 Å². The molecule has 0 saturated heterocycles. The number of aryl methyl sites for hydroxylation is 2. The van der Waals surface area contributed by atoms with Crippen LogP contribution in [0.3, 0.4) is 0 Å². The van der Waals surface area contributed by atoms with E-state index in [4.69, 9.17) is 5.73 Å². The van der Waals surface area contributed by atoms with Crippen molar-refractivity contribution in [3.8, 4) is 16.8 Å². The second-order valence-electron chi connectivity index (χ2n) is 7.46. The number of benzene rings is 2. The predicted octanol–water partition coefficient (Wildman–Crippen LogP) is 5.45. The lowest BCUT2D eigenvalue weighted by Crippen LogP contribution is -2.50. The number of hydrogen-bond donors (Lipinski definition) is 1. The van der Waals surface area contributed by atoms with Crippen LogP contribution in [0.4, 0.5) is 30.7 Å². The maximum atomic E-state index is 14.8. The molecule has 0 atom stereocenters. The lowest BCUT2D eigenvalue weighted by molar-refractivity contribution is -0.348. The quantitative estimate of drug-likeness (QED) is 0.469. The van der Waals surface area contributed by atoms with Gasteiger partial charge in [-0.1, -0.05) is 26.0 Å². The van der Waals surface area contributed by atoms with Gasteiger partial charge in [-0.05, 0) is 53.3 Å². The Bertz CT molecular complexity index is 1160. The molecule has 2 aromatic carbocycles. The number of carbonyl (C=O) groups is 1. The Hall–Kier alpha value is -3.44. The minimum absolute atomic E-state index is 0.0110. The van der Waals surface area contributed by atoms with Crippen molar-refractivity contribution < 1.29 is 35.5 Å². The van der Waals surface area contributed by atoms with E-state index in [0.717, 1.165) is 0 Å². The van der Waals surface area contributed by atoms with Crippen molar-refractivity contribution in [3.05, 3.63) is 65.2 Å². The Labute approximate surface area is 189 Å². The van der Waals surface area contributed by atoms with Crippen molar-refractivity contribution in [2.75, 3.05) is 0 Å². The topological polar surface area (TPSA) is 73.8 Å². The van der Waals surface area contributed by atoms with Gasteiger partial charge in [-0.25, -0.2) is 14.1 Å². The van der Waals surface area contributed by atoms with E-state index in [1.54, 1.807) is 0 Å². The first-order chi connectivity index (χ1) is 15.8. The fourth-order valence-corrected chi connectivity index (χ4v) is 3.80. The summed E-state index contributed by atoms with van der Waals surface area (Å²) in [5.74, 6) is -0.862. The van der Waals surface area contributed by atoms with Crippen molar-refractivity contribution in [1.82, 2.24) is 14.8 Å². The van der Waals surface area contributed by atoms with Gasteiger partial charge in [0.2, 0.25) is 5.91 Å². The summed E-state index contributed by atoms with van der Waals surface area (Å²) in [6.45, 7) is 2.99. The molecule has 0 spiro atoms. The van der Waals surface area contributed by atoms with Crippen molar-refractivity contribution in [2.45, 2.75) is 44.7 Å². The van der Waals surface area contributed by atoms with E-state index in [1.807, 2.05) is 0 Å². The standard InChI is InChI=1S/C22H19F7N4O/c1-3-12-7-14(20(23,21(24,25)26)22(27,28)29)8-13(4-2)18(12)17-9-15(33-11-31-10-32-33)5-6-16(17)19(30)34/h5-11H,3-4H2,1-2H3,(H2,30,34). The Kier molecular flexibility index (Phi) is 6.47. The van der Waals surface area contributed by atoms with Gasteiger partial charge in [0.1, 0.15) is 12.7 Å². The summed E-state index contributed by atoms with van der Waals surface area (Å²) in [6, 6.07) is 5.43. The van der Waals surface area contributed by atoms with Crippen molar-refractivity contribution in [2.24, 2.45) is 5.73 Å². The molecule has 3 aromatic rings. The van der Waals surface area contributed by atoms with Gasteiger partial charge in [0.15, 0.2) is 0 Å². The van der Waals surface area contributed by atoms with Crippen LogP contribution in [-0.4, -0.2) is 33.0 Å². The van der Waals surface area contributed by atoms with Crippen LogP contribution in [0.1, 0.15) is 40.9 Å². The van der Waals surface area contributed by atoms with Crippen LogP contribution < -0.4 is 5.73 Å². The van der Waals surface area contributed by atoms with Crippen LogP contribution in [-0.2, 0) is 18.5 Å². The Morgan fingerprint density at radius 2 is 1.50 bits per heavy atom. The van der Waals surface area contributed by atoms with Crippen LogP contribution in [0.15, 0.2) is 43.0 Å². The molecule has 2 N–H and O–H groups in total. The highest BCUT2D eigenvalue weighted by atomic mass is 19.4. The normalized spacial score (nSPS) is 12.7. The first kappa shape index (κ1) is 25.2. The van der Waals surface area contributed by atoms with E-state index in [0.29, 0.717) is 17.8 Å². The number of nitrogens with two attached hydrogens (primary N) is 1. The van der Waals surface area contributed by atoms with Crippen LogP contribution in [0.2, 0.25) is 0 Å². The van der Waals surface area contributed by atoms with E-state index in [-0.39, 0.29) is 40.7 Å². The van der Waals surface area contributed by atoms with Crippen molar-refractivity contribution in [1.29, 1.82) is 0 Å². The number of aromatic nitrogens is 3. The van der Waals surface area contributed by atoms with E-state index in [2.05, 4.69) is 10.1 Å². The summed E-state index contributed by atoms with van der Waals surface area (Å²) in [4.78, 5) is 15.9. The fraction of sp³-hybridized carbons (Fsp3) is 0.318. The second-order valence-corrected chi connectivity index (χ2v) is 7.46. The zero-order chi connectivity index (χ0) is 25.5. The Morgan fingerprint density at radius 1 is 0.941 bits per heavy atom. The van der Waals surface area contributed by atoms with Gasteiger partial charge in [-0.3, -0.25) is 4.79 Å².